The summed E-state index contributed by atoms with van der Waals surface area (Å²) in [6.07, 6.45) is 6.67. The largest absolute Gasteiger partial charge is 0.485 e. The number of imidazole rings is 1. The number of nitrogens with two attached hydrogens (primary N) is 1. The molecule has 1 aliphatic carbocycles. The fourth-order valence-corrected chi connectivity index (χ4v) is 5.11. The maximum Gasteiger partial charge on any atom is 0.485 e. The first-order valence-electron chi connectivity index (χ1n) is 10.3. The number of rotatable bonds is 7. The zero-order valence-corrected chi connectivity index (χ0v) is 17.9. The van der Waals surface area contributed by atoms with Gasteiger partial charge in [0.05, 0.1) is 18.4 Å². The minimum Gasteiger partial charge on any atom is -0.369 e. The predicted molar refractivity (Wildman–Crippen MR) is 115 cm³/mol. The number of alkyl halides is 3. The van der Waals surface area contributed by atoms with Gasteiger partial charge in [-0.1, -0.05) is 18.2 Å². The van der Waals surface area contributed by atoms with Crippen LogP contribution in [0.25, 0.3) is 0 Å². The molecule has 6 nitrogen and oxygen atoms in total. The van der Waals surface area contributed by atoms with Gasteiger partial charge in [-0.15, -0.1) is 6.58 Å². The maximum absolute atomic E-state index is 13.4. The van der Waals surface area contributed by atoms with Crippen LogP contribution in [-0.4, -0.2) is 36.6 Å². The lowest BCUT2D eigenvalue weighted by molar-refractivity contribution is -0.0431. The Kier molecular flexibility index (Phi) is 6.11. The molecular weight excluding hydrogens is 427 g/mol. The number of benzene rings is 1. The van der Waals surface area contributed by atoms with E-state index in [1.807, 2.05) is 18.2 Å². The number of aromatic nitrogens is 2. The number of anilines is 2. The summed E-state index contributed by atoms with van der Waals surface area (Å²) in [5.74, 6) is 0.643. The minimum atomic E-state index is -4.80. The Bertz CT molecular complexity index is 972. The molecule has 2 aromatic rings. The van der Waals surface area contributed by atoms with Gasteiger partial charge in [-0.25, -0.2) is 13.5 Å². The summed E-state index contributed by atoms with van der Waals surface area (Å²) in [7, 11) is -3.09. The van der Waals surface area contributed by atoms with Crippen molar-refractivity contribution >= 4 is 22.6 Å². The molecule has 2 heterocycles. The monoisotopic (exact) mass is 453 g/mol. The maximum atomic E-state index is 13.4. The van der Waals surface area contributed by atoms with E-state index in [1.54, 1.807) is 12.3 Å². The zero-order chi connectivity index (χ0) is 22.2. The Hall–Kier alpha value is -2.33. The van der Waals surface area contributed by atoms with E-state index < -0.39 is 16.5 Å². The fraction of sp³-hybridized carbons (Fsp3) is 0.476. The SMILES string of the molecule is C=CCCC1CN(S(=O)C(F)(F)F)Cc2c(C3CC3)cccc2N1Cc1cnc(N)[nH]1. The van der Waals surface area contributed by atoms with Gasteiger partial charge in [-0.05, 0) is 48.8 Å². The molecule has 0 bridgehead atoms. The Morgan fingerprint density at radius 3 is 2.74 bits per heavy atom. The molecule has 1 aromatic carbocycles. The van der Waals surface area contributed by atoms with E-state index in [-0.39, 0.29) is 19.1 Å². The summed E-state index contributed by atoms with van der Waals surface area (Å²) in [6, 6.07) is 5.61. The molecule has 10 heteroatoms. The van der Waals surface area contributed by atoms with Crippen molar-refractivity contribution in [2.45, 2.75) is 56.2 Å². The van der Waals surface area contributed by atoms with Crippen molar-refractivity contribution in [3.05, 3.63) is 53.9 Å². The second-order valence-corrected chi connectivity index (χ2v) is 9.56. The average molecular weight is 454 g/mol. The highest BCUT2D eigenvalue weighted by atomic mass is 32.2. The van der Waals surface area contributed by atoms with Crippen LogP contribution in [0.1, 0.15) is 48.4 Å². The quantitative estimate of drug-likeness (QED) is 0.616. The van der Waals surface area contributed by atoms with Crippen LogP contribution in [0, 0.1) is 0 Å². The number of hydrogen-bond acceptors (Lipinski definition) is 4. The topological polar surface area (TPSA) is 78.2 Å². The highest BCUT2D eigenvalue weighted by molar-refractivity contribution is 7.83. The third kappa shape index (κ3) is 4.79. The van der Waals surface area contributed by atoms with Crippen molar-refractivity contribution in [3.63, 3.8) is 0 Å². The van der Waals surface area contributed by atoms with E-state index in [9.17, 15) is 17.4 Å². The second kappa shape index (κ2) is 8.66. The van der Waals surface area contributed by atoms with Crippen LogP contribution >= 0.6 is 0 Å². The lowest BCUT2D eigenvalue weighted by atomic mass is 10.00. The number of allylic oxidation sites excluding steroid dienone is 1. The van der Waals surface area contributed by atoms with Crippen LogP contribution in [0.5, 0.6) is 0 Å². The summed E-state index contributed by atoms with van der Waals surface area (Å²) >= 11 is 0. The summed E-state index contributed by atoms with van der Waals surface area (Å²) < 4.78 is 53.8. The second-order valence-electron chi connectivity index (χ2n) is 8.08. The third-order valence-electron chi connectivity index (χ3n) is 5.83. The zero-order valence-electron chi connectivity index (χ0n) is 17.1. The highest BCUT2D eigenvalue weighted by Crippen LogP contribution is 2.46. The summed E-state index contributed by atoms with van der Waals surface area (Å²) in [5, 5.41) is 0. The Labute approximate surface area is 181 Å². The normalized spacial score (nSPS) is 20.9. The van der Waals surface area contributed by atoms with Crippen LogP contribution in [0.15, 0.2) is 37.1 Å². The van der Waals surface area contributed by atoms with Crippen molar-refractivity contribution in [1.82, 2.24) is 14.3 Å². The van der Waals surface area contributed by atoms with Gasteiger partial charge in [0.25, 0.3) is 0 Å². The molecule has 1 saturated carbocycles. The van der Waals surface area contributed by atoms with Crippen LogP contribution in [0.4, 0.5) is 24.8 Å². The smallest absolute Gasteiger partial charge is 0.369 e. The summed E-state index contributed by atoms with van der Waals surface area (Å²) in [5.41, 5.74) is 4.47. The van der Waals surface area contributed by atoms with E-state index in [4.69, 9.17) is 5.73 Å². The molecule has 3 N–H and O–H groups in total. The van der Waals surface area contributed by atoms with E-state index >= 15 is 0 Å². The van der Waals surface area contributed by atoms with Crippen molar-refractivity contribution in [1.29, 1.82) is 0 Å². The van der Waals surface area contributed by atoms with Crippen molar-refractivity contribution in [2.75, 3.05) is 17.2 Å². The van der Waals surface area contributed by atoms with Crippen molar-refractivity contribution in [2.24, 2.45) is 0 Å². The molecule has 0 radical (unpaired) electrons. The van der Waals surface area contributed by atoms with E-state index in [2.05, 4.69) is 21.4 Å². The van der Waals surface area contributed by atoms with Gasteiger partial charge in [0.2, 0.25) is 11.0 Å². The number of nitrogens with zero attached hydrogens (tertiary/aromatic N) is 3. The van der Waals surface area contributed by atoms with E-state index in [1.165, 1.54) is 0 Å². The lowest BCUT2D eigenvalue weighted by Crippen LogP contribution is -2.44. The lowest BCUT2D eigenvalue weighted by Gasteiger charge is -2.34. The molecule has 0 saturated heterocycles. The first kappa shape index (κ1) is 21.9. The average Bonchev–Trinajstić information content (AvgIpc) is 3.50. The molecule has 4 rings (SSSR count). The molecule has 1 aliphatic heterocycles. The number of halogens is 3. The van der Waals surface area contributed by atoms with E-state index in [0.29, 0.717) is 31.3 Å². The Morgan fingerprint density at radius 2 is 2.13 bits per heavy atom. The molecule has 2 unspecified atom stereocenters. The molecule has 0 amide bonds. The number of nitrogens with one attached hydrogen (secondary N) is 1. The van der Waals surface area contributed by atoms with E-state index in [0.717, 1.165) is 39.7 Å². The molecule has 1 fully saturated rings. The minimum absolute atomic E-state index is 0.000330. The molecule has 2 atom stereocenters. The van der Waals surface area contributed by atoms with Gasteiger partial charge < -0.3 is 15.6 Å². The number of aromatic amines is 1. The predicted octanol–water partition coefficient (Wildman–Crippen LogP) is 4.21. The summed E-state index contributed by atoms with van der Waals surface area (Å²) in [6.45, 7) is 4.21. The number of hydrogen-bond donors (Lipinski definition) is 2. The van der Waals surface area contributed by atoms with Crippen LogP contribution in [0.3, 0.4) is 0 Å². The van der Waals surface area contributed by atoms with Crippen LogP contribution < -0.4 is 10.6 Å². The van der Waals surface area contributed by atoms with Gasteiger partial charge in [0, 0.05) is 24.8 Å². The van der Waals surface area contributed by atoms with Crippen molar-refractivity contribution < 1.29 is 17.4 Å². The first-order chi connectivity index (χ1) is 14.8. The fourth-order valence-electron chi connectivity index (χ4n) is 4.27. The molecular formula is C21H26F3N5OS. The Morgan fingerprint density at radius 1 is 1.35 bits per heavy atom. The van der Waals surface area contributed by atoms with Gasteiger partial charge in [-0.3, -0.25) is 0 Å². The molecule has 168 valence electrons. The summed E-state index contributed by atoms with van der Waals surface area (Å²) in [4.78, 5) is 9.16. The van der Waals surface area contributed by atoms with Gasteiger partial charge in [-0.2, -0.15) is 13.2 Å². The molecule has 2 aliphatic rings. The van der Waals surface area contributed by atoms with Crippen molar-refractivity contribution in [3.8, 4) is 0 Å². The standard InChI is InChI=1S/C21H26F3N5OS/c1-2-3-5-16-12-28(31(30)21(22,23)24)13-18-17(14-8-9-14)6-4-7-19(18)29(16)11-15-10-26-20(25)27-15/h2,4,6-7,10,14,16H,1,3,5,8-9,11-13H2,(H3,25,26,27). The number of fused-ring (bicyclic) bond motifs is 1. The molecule has 0 spiro atoms. The highest BCUT2D eigenvalue weighted by Gasteiger charge is 2.44. The third-order valence-corrected chi connectivity index (χ3v) is 6.97. The number of nitrogen functional groups attached to an aromatic ring is 1. The van der Waals surface area contributed by atoms with Crippen LogP contribution in [-0.2, 0) is 24.1 Å². The van der Waals surface area contributed by atoms with Gasteiger partial charge >= 0.3 is 5.51 Å². The van der Waals surface area contributed by atoms with Crippen LogP contribution in [0.2, 0.25) is 0 Å². The molecule has 31 heavy (non-hydrogen) atoms. The molecule has 1 aromatic heterocycles. The van der Waals surface area contributed by atoms with Gasteiger partial charge in [0.15, 0.2) is 5.95 Å². The first-order valence-corrected chi connectivity index (χ1v) is 11.4. The Balaban J connectivity index is 1.79. The number of H-pyrrole nitrogens is 1. The van der Waals surface area contributed by atoms with Gasteiger partial charge in [0.1, 0.15) is 0 Å².